The number of benzene rings is 2. The number of rotatable bonds is 3. The highest BCUT2D eigenvalue weighted by atomic mass is 35.5. The number of hydrogen-bond donors (Lipinski definition) is 1. The van der Waals surface area contributed by atoms with E-state index in [4.69, 9.17) is 17.3 Å². The highest BCUT2D eigenvalue weighted by Gasteiger charge is 2.54. The van der Waals surface area contributed by atoms with Crippen molar-refractivity contribution < 1.29 is 0 Å². The highest BCUT2D eigenvalue weighted by Crippen LogP contribution is 2.55. The predicted octanol–water partition coefficient (Wildman–Crippen LogP) is 4.27. The minimum Gasteiger partial charge on any atom is -0.399 e. The minimum absolute atomic E-state index is 0.0175. The molecule has 0 spiro atoms. The van der Waals surface area contributed by atoms with E-state index in [-0.39, 0.29) is 17.2 Å². The topological polar surface area (TPSA) is 101 Å². The van der Waals surface area contributed by atoms with E-state index < -0.39 is 11.3 Å². The van der Waals surface area contributed by atoms with Gasteiger partial charge in [0.25, 0.3) is 0 Å². The van der Waals surface area contributed by atoms with Crippen molar-refractivity contribution in [2.75, 3.05) is 13.1 Å². The number of fused-ring (bicyclic) bond motifs is 1. The van der Waals surface area contributed by atoms with Crippen LogP contribution in [0.5, 0.6) is 0 Å². The molecule has 2 aliphatic rings. The molecule has 1 aliphatic carbocycles. The van der Waals surface area contributed by atoms with Gasteiger partial charge in [0.2, 0.25) is 0 Å². The third-order valence-electron chi connectivity index (χ3n) is 6.23. The fourth-order valence-electron chi connectivity index (χ4n) is 4.78. The first-order valence-electron chi connectivity index (χ1n) is 9.99. The molecule has 0 saturated carbocycles. The Kier molecular flexibility index (Phi) is 5.53. The first kappa shape index (κ1) is 20.7. The summed E-state index contributed by atoms with van der Waals surface area (Å²) in [5.74, 6) is -0.850. The summed E-state index contributed by atoms with van der Waals surface area (Å²) in [5, 5.41) is 30.7. The van der Waals surface area contributed by atoms with E-state index in [0.29, 0.717) is 23.7 Å². The molecule has 1 heterocycles. The number of nitriles is 3. The Hall–Kier alpha value is -3.56. The fourth-order valence-corrected chi connectivity index (χ4v) is 5.03. The molecule has 31 heavy (non-hydrogen) atoms. The summed E-state index contributed by atoms with van der Waals surface area (Å²) in [6.07, 6.45) is 2.00. The fraction of sp³-hybridized carbons (Fsp3) is 0.240. The second-order valence-electron chi connectivity index (χ2n) is 7.88. The normalized spacial score (nSPS) is 22.5. The third-order valence-corrected chi connectivity index (χ3v) is 6.57. The van der Waals surface area contributed by atoms with Gasteiger partial charge in [-0.25, -0.2) is 0 Å². The average molecular weight is 426 g/mol. The van der Waals surface area contributed by atoms with Crippen molar-refractivity contribution in [2.24, 2.45) is 17.1 Å². The Morgan fingerprint density at radius 3 is 2.35 bits per heavy atom. The number of allylic oxidation sites excluding steroid dienone is 2. The molecule has 0 fully saturated rings. The molecule has 2 aromatic rings. The van der Waals surface area contributed by atoms with Crippen LogP contribution in [-0.2, 0) is 6.54 Å². The van der Waals surface area contributed by atoms with Crippen molar-refractivity contribution in [3.8, 4) is 18.2 Å². The highest BCUT2D eigenvalue weighted by molar-refractivity contribution is 6.31. The van der Waals surface area contributed by atoms with Crippen LogP contribution >= 0.6 is 11.6 Å². The van der Waals surface area contributed by atoms with Gasteiger partial charge in [-0.3, -0.25) is 4.90 Å². The van der Waals surface area contributed by atoms with Crippen LogP contribution in [0.4, 0.5) is 0 Å². The number of nitrogens with zero attached hydrogens (tertiary/aromatic N) is 4. The zero-order valence-corrected chi connectivity index (χ0v) is 17.5. The SMILES string of the molecule is N#CC1=C(N)C(C#N)(C#N)[C@H](c2ccccc2Cl)[C@H]2CN(Cc3ccccc3)CC=C12. The molecule has 5 nitrogen and oxygen atoms in total. The molecule has 152 valence electrons. The maximum Gasteiger partial charge on any atom is 0.191 e. The Morgan fingerprint density at radius 1 is 1.03 bits per heavy atom. The van der Waals surface area contributed by atoms with E-state index in [1.54, 1.807) is 6.07 Å². The zero-order valence-electron chi connectivity index (χ0n) is 16.8. The lowest BCUT2D eigenvalue weighted by Crippen LogP contribution is -2.47. The van der Waals surface area contributed by atoms with Gasteiger partial charge in [-0.2, -0.15) is 15.8 Å². The van der Waals surface area contributed by atoms with Gasteiger partial charge in [-0.1, -0.05) is 66.2 Å². The van der Waals surface area contributed by atoms with Crippen LogP contribution in [0, 0.1) is 45.3 Å². The van der Waals surface area contributed by atoms with Crippen LogP contribution in [0.3, 0.4) is 0 Å². The van der Waals surface area contributed by atoms with E-state index in [1.807, 2.05) is 42.5 Å². The van der Waals surface area contributed by atoms with Crippen molar-refractivity contribution in [2.45, 2.75) is 12.5 Å². The molecule has 4 rings (SSSR count). The number of nitrogens with two attached hydrogens (primary N) is 1. The third kappa shape index (κ3) is 3.37. The molecule has 2 N–H and O–H groups in total. The molecule has 6 heteroatoms. The van der Waals surface area contributed by atoms with Gasteiger partial charge in [0.15, 0.2) is 5.41 Å². The molecule has 0 radical (unpaired) electrons. The molecular weight excluding hydrogens is 406 g/mol. The molecule has 2 aromatic carbocycles. The van der Waals surface area contributed by atoms with Crippen molar-refractivity contribution >= 4 is 11.6 Å². The van der Waals surface area contributed by atoms with Crippen LogP contribution < -0.4 is 5.73 Å². The second kappa shape index (κ2) is 8.29. The van der Waals surface area contributed by atoms with Crippen LogP contribution in [0.15, 0.2) is 77.5 Å². The van der Waals surface area contributed by atoms with Gasteiger partial charge in [0.05, 0.1) is 23.4 Å². The molecule has 0 amide bonds. The molecular formula is C25H20ClN5. The Labute approximate surface area is 186 Å². The Morgan fingerprint density at radius 2 is 1.71 bits per heavy atom. The van der Waals surface area contributed by atoms with Gasteiger partial charge in [0, 0.05) is 36.5 Å². The summed E-state index contributed by atoms with van der Waals surface area (Å²) in [4.78, 5) is 2.25. The summed E-state index contributed by atoms with van der Waals surface area (Å²) in [7, 11) is 0. The van der Waals surface area contributed by atoms with Gasteiger partial charge in [0.1, 0.15) is 6.07 Å². The van der Waals surface area contributed by atoms with E-state index in [9.17, 15) is 15.8 Å². The Bertz CT molecular complexity index is 1180. The first-order valence-corrected chi connectivity index (χ1v) is 10.4. The lowest BCUT2D eigenvalue weighted by atomic mass is 9.58. The smallest absolute Gasteiger partial charge is 0.191 e. The number of halogens is 1. The molecule has 0 bridgehead atoms. The van der Waals surface area contributed by atoms with Crippen LogP contribution in [0.25, 0.3) is 0 Å². The monoisotopic (exact) mass is 425 g/mol. The van der Waals surface area contributed by atoms with Crippen molar-refractivity contribution in [3.63, 3.8) is 0 Å². The van der Waals surface area contributed by atoms with E-state index in [2.05, 4.69) is 35.2 Å². The van der Waals surface area contributed by atoms with E-state index in [0.717, 1.165) is 12.1 Å². The second-order valence-corrected chi connectivity index (χ2v) is 8.28. The van der Waals surface area contributed by atoms with Crippen LogP contribution in [0.2, 0.25) is 5.02 Å². The summed E-state index contributed by atoms with van der Waals surface area (Å²) < 4.78 is 0. The largest absolute Gasteiger partial charge is 0.399 e. The maximum atomic E-state index is 10.2. The van der Waals surface area contributed by atoms with Crippen LogP contribution in [-0.4, -0.2) is 18.0 Å². The lowest BCUT2D eigenvalue weighted by Gasteiger charge is -2.45. The zero-order chi connectivity index (χ0) is 22.0. The average Bonchev–Trinajstić information content (AvgIpc) is 2.80. The Balaban J connectivity index is 1.87. The lowest BCUT2D eigenvalue weighted by molar-refractivity contribution is 0.201. The van der Waals surface area contributed by atoms with Crippen molar-refractivity contribution in [1.82, 2.24) is 4.90 Å². The van der Waals surface area contributed by atoms with Crippen molar-refractivity contribution in [3.05, 3.63) is 93.7 Å². The molecule has 0 aromatic heterocycles. The van der Waals surface area contributed by atoms with E-state index >= 15 is 0 Å². The van der Waals surface area contributed by atoms with Gasteiger partial charge >= 0.3 is 0 Å². The maximum absolute atomic E-state index is 10.2. The van der Waals surface area contributed by atoms with Crippen molar-refractivity contribution in [1.29, 1.82) is 15.8 Å². The molecule has 1 aliphatic heterocycles. The number of hydrogen-bond acceptors (Lipinski definition) is 5. The summed E-state index contributed by atoms with van der Waals surface area (Å²) in [5.41, 5.74) is 7.61. The van der Waals surface area contributed by atoms with Gasteiger partial charge in [-0.15, -0.1) is 0 Å². The summed E-state index contributed by atoms with van der Waals surface area (Å²) in [6.45, 7) is 1.96. The molecule has 0 unspecified atom stereocenters. The quantitative estimate of drug-likeness (QED) is 0.791. The summed E-state index contributed by atoms with van der Waals surface area (Å²) >= 11 is 6.54. The van der Waals surface area contributed by atoms with Gasteiger partial charge in [-0.05, 0) is 22.8 Å². The first-order chi connectivity index (χ1) is 15.1. The predicted molar refractivity (Wildman–Crippen MR) is 118 cm³/mol. The molecule has 0 saturated heterocycles. The summed E-state index contributed by atoms with van der Waals surface area (Å²) in [6, 6.07) is 23.8. The van der Waals surface area contributed by atoms with E-state index in [1.165, 1.54) is 5.56 Å². The van der Waals surface area contributed by atoms with Gasteiger partial charge < -0.3 is 5.73 Å². The standard InChI is InChI=1S/C25H20ClN5/c26-22-9-5-4-8-19(22)23-21-14-31(13-17-6-2-1-3-7-17)11-10-18(21)20(12-27)24(30)25(23,15-28)16-29/h1-10,21,23H,11,13-14,30H2/t21-,23+/m0/s1. The van der Waals surface area contributed by atoms with Crippen LogP contribution in [0.1, 0.15) is 17.0 Å². The minimum atomic E-state index is -1.67. The molecule has 2 atom stereocenters.